The lowest BCUT2D eigenvalue weighted by Crippen LogP contribution is -2.34. The van der Waals surface area contributed by atoms with Gasteiger partial charge in [0.1, 0.15) is 35.2 Å². The number of hydrogen-bond donors (Lipinski definition) is 1. The molecule has 42 heavy (non-hydrogen) atoms. The Morgan fingerprint density at radius 3 is 2.43 bits per heavy atom. The number of rotatable bonds is 11. The molecule has 0 bridgehead atoms. The van der Waals surface area contributed by atoms with E-state index in [1.807, 2.05) is 35.7 Å². The summed E-state index contributed by atoms with van der Waals surface area (Å²) in [6.07, 6.45) is -0.181. The highest BCUT2D eigenvalue weighted by Gasteiger charge is 2.18. The maximum absolute atomic E-state index is 14.2. The van der Waals surface area contributed by atoms with Gasteiger partial charge in [-0.15, -0.1) is 21.5 Å². The number of carbonyl (C=O) groups is 2. The lowest BCUT2D eigenvalue weighted by molar-refractivity contribution is -0.127. The summed E-state index contributed by atoms with van der Waals surface area (Å²) in [6, 6.07) is 14.0. The molecule has 0 fully saturated rings. The summed E-state index contributed by atoms with van der Waals surface area (Å²) in [5, 5.41) is 14.6. The van der Waals surface area contributed by atoms with Crippen molar-refractivity contribution in [3.05, 3.63) is 65.3 Å². The Bertz CT molecular complexity index is 1530. The fraction of sp³-hybridized carbons (Fsp3) is 0.355. The van der Waals surface area contributed by atoms with Crippen LogP contribution in [-0.2, 0) is 20.7 Å². The van der Waals surface area contributed by atoms with E-state index < -0.39 is 17.5 Å². The summed E-state index contributed by atoms with van der Waals surface area (Å²) in [5.41, 5.74) is 3.16. The van der Waals surface area contributed by atoms with E-state index >= 15 is 0 Å². The highest BCUT2D eigenvalue weighted by Crippen LogP contribution is 2.39. The fourth-order valence-electron chi connectivity index (χ4n) is 4.04. The summed E-state index contributed by atoms with van der Waals surface area (Å²) in [4.78, 5) is 25.3. The Labute approximate surface area is 248 Å². The smallest absolute Gasteiger partial charge is 0.407 e. The molecule has 2 amide bonds. The van der Waals surface area contributed by atoms with E-state index in [2.05, 4.69) is 15.5 Å². The molecule has 9 nitrogen and oxygen atoms in total. The number of halogens is 1. The summed E-state index contributed by atoms with van der Waals surface area (Å²) in [6.45, 7) is 6.35. The van der Waals surface area contributed by atoms with Gasteiger partial charge < -0.3 is 24.4 Å². The number of likely N-dealkylation sites (N-methyl/N-ethyl adjacent to an activating group) is 1. The minimum absolute atomic E-state index is 0.0335. The molecule has 0 aliphatic rings. The predicted octanol–water partition coefficient (Wildman–Crippen LogP) is 5.72. The lowest BCUT2D eigenvalue weighted by Gasteiger charge is -2.19. The molecule has 4 rings (SSSR count). The van der Waals surface area contributed by atoms with Crippen molar-refractivity contribution in [3.63, 3.8) is 0 Å². The van der Waals surface area contributed by atoms with E-state index in [1.165, 1.54) is 23.5 Å². The zero-order valence-corrected chi connectivity index (χ0v) is 25.2. The number of amides is 2. The molecule has 2 heterocycles. The summed E-state index contributed by atoms with van der Waals surface area (Å²) in [7, 11) is 3.48. The molecule has 0 atom stereocenters. The zero-order valence-electron chi connectivity index (χ0n) is 24.4. The zero-order chi connectivity index (χ0) is 30.3. The van der Waals surface area contributed by atoms with E-state index in [9.17, 15) is 14.0 Å². The predicted molar refractivity (Wildman–Crippen MR) is 161 cm³/mol. The van der Waals surface area contributed by atoms with Crippen LogP contribution in [0.15, 0.2) is 53.9 Å². The monoisotopic (exact) mass is 594 g/mol. The molecule has 0 unspecified atom stereocenters. The van der Waals surface area contributed by atoms with E-state index in [4.69, 9.17) is 14.2 Å². The average Bonchev–Trinajstić information content (AvgIpc) is 3.42. The van der Waals surface area contributed by atoms with Crippen molar-refractivity contribution in [2.45, 2.75) is 32.8 Å². The van der Waals surface area contributed by atoms with Gasteiger partial charge in [-0.1, -0.05) is 24.3 Å². The van der Waals surface area contributed by atoms with Crippen molar-refractivity contribution in [2.24, 2.45) is 0 Å². The van der Waals surface area contributed by atoms with E-state index in [-0.39, 0.29) is 32.3 Å². The number of hydrogen-bond acceptors (Lipinski definition) is 8. The molecule has 0 saturated carbocycles. The molecule has 1 N–H and O–H groups in total. The number of nitrogens with zero attached hydrogens (tertiary/aromatic N) is 3. The van der Waals surface area contributed by atoms with Crippen LogP contribution in [0.3, 0.4) is 0 Å². The number of benzene rings is 2. The van der Waals surface area contributed by atoms with Gasteiger partial charge in [-0.25, -0.2) is 9.18 Å². The average molecular weight is 595 g/mol. The second kappa shape index (κ2) is 13.7. The van der Waals surface area contributed by atoms with Crippen LogP contribution < -0.4 is 10.1 Å². The Morgan fingerprint density at radius 2 is 1.71 bits per heavy atom. The van der Waals surface area contributed by atoms with Crippen LogP contribution >= 0.6 is 11.3 Å². The Kier molecular flexibility index (Phi) is 10.1. The number of fused-ring (bicyclic) bond motifs is 1. The van der Waals surface area contributed by atoms with Crippen molar-refractivity contribution in [1.82, 2.24) is 20.4 Å². The van der Waals surface area contributed by atoms with Crippen LogP contribution in [0.25, 0.3) is 32.6 Å². The van der Waals surface area contributed by atoms with E-state index in [0.29, 0.717) is 23.4 Å². The van der Waals surface area contributed by atoms with Crippen molar-refractivity contribution in [2.75, 3.05) is 40.5 Å². The number of carbonyl (C=O) groups excluding carboxylic acids is 2. The van der Waals surface area contributed by atoms with Crippen LogP contribution in [-0.4, -0.2) is 73.2 Å². The summed E-state index contributed by atoms with van der Waals surface area (Å²) in [5.74, 6) is -0.0700. The van der Waals surface area contributed by atoms with Gasteiger partial charge in [0.15, 0.2) is 0 Å². The molecular weight excluding hydrogens is 559 g/mol. The standard InChI is InChI=1S/C31H35FN4O5S/c1-31(2,3)41-30(38)33-13-14-39-15-16-40-25-19-22(32)10-11-23(25)28-29-24(12-17-42-29)27(34-35-28)21-8-6-20(7-9-21)18-26(37)36(4)5/h6-12,17,19H,13-16,18H2,1-5H3,(H,33,38). The molecule has 11 heteroatoms. The van der Waals surface area contributed by atoms with Gasteiger partial charge in [0.2, 0.25) is 5.91 Å². The molecule has 0 radical (unpaired) electrons. The maximum Gasteiger partial charge on any atom is 0.407 e. The molecule has 0 spiro atoms. The SMILES string of the molecule is CN(C)C(=O)Cc1ccc(-c2nnc(-c3ccc(F)cc3OCCOCCNC(=O)OC(C)(C)C)c3sccc23)cc1. The molecule has 2 aromatic heterocycles. The van der Waals surface area contributed by atoms with Gasteiger partial charge >= 0.3 is 6.09 Å². The first kappa shape index (κ1) is 30.9. The van der Waals surface area contributed by atoms with Crippen LogP contribution in [0, 0.1) is 5.82 Å². The summed E-state index contributed by atoms with van der Waals surface area (Å²) < 4.78 is 31.7. The van der Waals surface area contributed by atoms with Gasteiger partial charge in [-0.3, -0.25) is 4.79 Å². The maximum atomic E-state index is 14.2. The molecular formula is C31H35FN4O5S. The minimum atomic E-state index is -0.569. The normalized spacial score (nSPS) is 11.4. The van der Waals surface area contributed by atoms with Gasteiger partial charge in [0.05, 0.1) is 24.3 Å². The number of aromatic nitrogens is 2. The van der Waals surface area contributed by atoms with Crippen molar-refractivity contribution in [3.8, 4) is 28.3 Å². The number of ether oxygens (including phenoxy) is 3. The quantitative estimate of drug-likeness (QED) is 0.222. The van der Waals surface area contributed by atoms with Gasteiger partial charge in [-0.2, -0.15) is 0 Å². The molecule has 2 aromatic carbocycles. The third-order valence-electron chi connectivity index (χ3n) is 6.07. The van der Waals surface area contributed by atoms with Crippen LogP contribution in [0.5, 0.6) is 5.75 Å². The third-order valence-corrected chi connectivity index (χ3v) is 6.99. The molecule has 222 valence electrons. The highest BCUT2D eigenvalue weighted by molar-refractivity contribution is 7.17. The van der Waals surface area contributed by atoms with Crippen LogP contribution in [0.1, 0.15) is 26.3 Å². The lowest BCUT2D eigenvalue weighted by atomic mass is 10.0. The number of nitrogens with one attached hydrogen (secondary N) is 1. The second-order valence-electron chi connectivity index (χ2n) is 10.8. The largest absolute Gasteiger partial charge is 0.490 e. The number of alkyl carbamates (subject to hydrolysis) is 1. The van der Waals surface area contributed by atoms with Crippen LogP contribution in [0.4, 0.5) is 9.18 Å². The fourth-order valence-corrected chi connectivity index (χ4v) is 4.94. The van der Waals surface area contributed by atoms with Gasteiger partial charge in [0, 0.05) is 43.2 Å². The Hall–Kier alpha value is -4.09. The van der Waals surface area contributed by atoms with Gasteiger partial charge in [0.25, 0.3) is 0 Å². The molecule has 0 aliphatic heterocycles. The van der Waals surface area contributed by atoms with Crippen molar-refractivity contribution >= 4 is 33.4 Å². The van der Waals surface area contributed by atoms with Gasteiger partial charge in [-0.05, 0) is 49.9 Å². The third kappa shape index (κ3) is 8.23. The first-order valence-electron chi connectivity index (χ1n) is 13.5. The number of thiophene rings is 1. The second-order valence-corrected chi connectivity index (χ2v) is 11.7. The molecule has 0 aliphatic carbocycles. The van der Waals surface area contributed by atoms with Crippen molar-refractivity contribution in [1.29, 1.82) is 0 Å². The molecule has 0 saturated heterocycles. The Balaban J connectivity index is 1.43. The minimum Gasteiger partial charge on any atom is -0.490 e. The Morgan fingerprint density at radius 1 is 0.976 bits per heavy atom. The first-order valence-corrected chi connectivity index (χ1v) is 14.4. The first-order chi connectivity index (χ1) is 20.0. The van der Waals surface area contributed by atoms with Crippen LogP contribution in [0.2, 0.25) is 0 Å². The highest BCUT2D eigenvalue weighted by atomic mass is 32.1. The van der Waals surface area contributed by atoms with Crippen molar-refractivity contribution < 1.29 is 28.2 Å². The van der Waals surface area contributed by atoms with E-state index in [1.54, 1.807) is 45.8 Å². The van der Waals surface area contributed by atoms with E-state index in [0.717, 1.165) is 26.9 Å². The molecule has 4 aromatic rings. The summed E-state index contributed by atoms with van der Waals surface area (Å²) >= 11 is 1.52. The topological polar surface area (TPSA) is 103 Å².